The van der Waals surface area contributed by atoms with E-state index >= 15 is 0 Å². The molecule has 0 radical (unpaired) electrons. The van der Waals surface area contributed by atoms with Gasteiger partial charge in [0.25, 0.3) is 0 Å². The Balaban J connectivity index is 1.03. The van der Waals surface area contributed by atoms with Crippen LogP contribution < -0.4 is 25.5 Å². The summed E-state index contributed by atoms with van der Waals surface area (Å²) in [5.74, 6) is 0. The van der Waals surface area contributed by atoms with Crippen molar-refractivity contribution in [1.29, 1.82) is 0 Å². The molecule has 12 aromatic rings. The summed E-state index contributed by atoms with van der Waals surface area (Å²) < 4.78 is 0. The minimum Gasteiger partial charge on any atom is -0.376 e. The van der Waals surface area contributed by atoms with Crippen molar-refractivity contribution in [3.63, 3.8) is 0 Å². The van der Waals surface area contributed by atoms with Gasteiger partial charge in [-0.25, -0.2) is 0 Å². The van der Waals surface area contributed by atoms with Gasteiger partial charge in [0, 0.05) is 56.4 Å². The minimum absolute atomic E-state index is 0.0377. The molecule has 0 aromatic heterocycles. The Morgan fingerprint density at radius 2 is 0.811 bits per heavy atom. The average Bonchev–Trinajstić information content (AvgIpc) is 1.67. The largest absolute Gasteiger partial charge is 0.376 e. The van der Waals surface area contributed by atoms with Gasteiger partial charge in [0.2, 0.25) is 0 Å². The summed E-state index contributed by atoms with van der Waals surface area (Å²) in [7, 11) is 0. The van der Waals surface area contributed by atoms with Crippen molar-refractivity contribution in [1.82, 2.24) is 0 Å². The van der Waals surface area contributed by atoms with Crippen LogP contribution in [0.2, 0.25) is 0 Å². The molecule has 0 amide bonds. The Morgan fingerprint density at radius 3 is 1.38 bits per heavy atom. The summed E-state index contributed by atoms with van der Waals surface area (Å²) in [5, 5.41) is 0. The van der Waals surface area contributed by atoms with E-state index in [1.165, 1.54) is 130 Å². The van der Waals surface area contributed by atoms with Gasteiger partial charge < -0.3 is 14.6 Å². The second kappa shape index (κ2) is 22.1. The predicted octanol–water partition coefficient (Wildman–Crippen LogP) is 23.8. The summed E-state index contributed by atoms with van der Waals surface area (Å²) in [4.78, 5) is 7.90. The monoisotopic (exact) mass is 1230 g/mol. The van der Waals surface area contributed by atoms with Crippen LogP contribution in [0.15, 0.2) is 267 Å². The van der Waals surface area contributed by atoms with E-state index in [0.29, 0.717) is 0 Å². The number of nitrogens with zero attached hydrogens (tertiary/aromatic N) is 3. The Labute approximate surface area is 564 Å². The lowest BCUT2D eigenvalue weighted by molar-refractivity contribution is 0.331. The zero-order chi connectivity index (χ0) is 65.5. The molecule has 0 saturated heterocycles. The average molecular weight is 1230 g/mol. The van der Waals surface area contributed by atoms with Gasteiger partial charge in [0.1, 0.15) is 0 Å². The molecule has 0 atom stereocenters. The summed E-state index contributed by atoms with van der Waals surface area (Å²) in [6, 6.07) is 102. The molecule has 4 aliphatic rings. The SMILES string of the molecule is CC(C)(C)c1ccc(N2B3c4ccc(N(c5cccc(-c6ccccc6)c5)c5cccc(-c6ccccc6)c5)cc4N(c4ccc(C(C)(C)C)cc4-c4ccccc4)c4cc(-c5ccccc5)cc(c43)-c3cc4c(cc32)-c2cc3c(cc2C4(C)C)C(C)(C)CCC3(C)C)cc1. The molecule has 0 unspecified atom stereocenters. The van der Waals surface area contributed by atoms with Gasteiger partial charge >= 0.3 is 6.85 Å². The van der Waals surface area contributed by atoms with Crippen molar-refractivity contribution in [2.24, 2.45) is 0 Å². The smallest absolute Gasteiger partial charge is 0.333 e. The fourth-order valence-electron chi connectivity index (χ4n) is 16.2. The van der Waals surface area contributed by atoms with Gasteiger partial charge in [0.05, 0.1) is 5.69 Å². The molecule has 0 spiro atoms. The minimum atomic E-state index is -0.263. The van der Waals surface area contributed by atoms with Gasteiger partial charge in [-0.15, -0.1) is 0 Å². The van der Waals surface area contributed by atoms with Crippen LogP contribution in [0.1, 0.15) is 129 Å². The second-order valence-electron chi connectivity index (χ2n) is 31.2. The van der Waals surface area contributed by atoms with E-state index in [2.05, 4.69) is 365 Å². The van der Waals surface area contributed by atoms with E-state index in [9.17, 15) is 0 Å². The quantitative estimate of drug-likeness (QED) is 0.133. The Bertz CT molecular complexity index is 4910. The Hall–Kier alpha value is -9.90. The number of benzene rings is 12. The summed E-state index contributed by atoms with van der Waals surface area (Å²) >= 11 is 0. The maximum absolute atomic E-state index is 2.74. The summed E-state index contributed by atoms with van der Waals surface area (Å²) in [5.41, 5.74) is 34.4. The summed E-state index contributed by atoms with van der Waals surface area (Å²) in [6.07, 6.45) is 2.34. The number of fused-ring (bicyclic) bond motifs is 8. The lowest BCUT2D eigenvalue weighted by Crippen LogP contribution is -2.61. The molecule has 4 heteroatoms. The van der Waals surface area contributed by atoms with Crippen LogP contribution in [0.3, 0.4) is 0 Å². The predicted molar refractivity (Wildman–Crippen MR) is 407 cm³/mol. The van der Waals surface area contributed by atoms with Crippen molar-refractivity contribution < 1.29 is 0 Å². The van der Waals surface area contributed by atoms with Gasteiger partial charge in [-0.1, -0.05) is 259 Å². The van der Waals surface area contributed by atoms with Crippen molar-refractivity contribution in [3.8, 4) is 66.8 Å². The molecule has 0 saturated carbocycles. The second-order valence-corrected chi connectivity index (χ2v) is 31.2. The highest BCUT2D eigenvalue weighted by molar-refractivity contribution is 6.93. The van der Waals surface area contributed by atoms with Crippen LogP contribution in [-0.4, -0.2) is 6.85 Å². The molecule has 12 aromatic carbocycles. The number of rotatable bonds is 9. The first-order valence-electron chi connectivity index (χ1n) is 34.4. The lowest BCUT2D eigenvalue weighted by Gasteiger charge is -2.47. The van der Waals surface area contributed by atoms with E-state index in [4.69, 9.17) is 0 Å². The van der Waals surface area contributed by atoms with Crippen molar-refractivity contribution in [2.75, 3.05) is 14.6 Å². The molecule has 3 nitrogen and oxygen atoms in total. The molecule has 2 aliphatic carbocycles. The van der Waals surface area contributed by atoms with Crippen LogP contribution in [0.25, 0.3) is 66.8 Å². The molecule has 2 aliphatic heterocycles. The van der Waals surface area contributed by atoms with Crippen LogP contribution in [0.4, 0.5) is 45.5 Å². The van der Waals surface area contributed by atoms with E-state index in [-0.39, 0.29) is 33.9 Å². The zero-order valence-electron chi connectivity index (χ0n) is 57.2. The van der Waals surface area contributed by atoms with Crippen LogP contribution in [0, 0.1) is 0 Å². The summed E-state index contributed by atoms with van der Waals surface area (Å²) in [6.45, 7) is 28.6. The highest BCUT2D eigenvalue weighted by Crippen LogP contribution is 2.59. The fourth-order valence-corrected chi connectivity index (χ4v) is 16.2. The van der Waals surface area contributed by atoms with E-state index in [0.717, 1.165) is 39.6 Å². The number of hydrogen-bond donors (Lipinski definition) is 0. The van der Waals surface area contributed by atoms with E-state index < -0.39 is 0 Å². The first-order chi connectivity index (χ1) is 45.6. The zero-order valence-corrected chi connectivity index (χ0v) is 57.2. The molecule has 16 rings (SSSR count). The molecule has 2 heterocycles. The normalized spacial score (nSPS) is 15.3. The first kappa shape index (κ1) is 60.1. The number of hydrogen-bond acceptors (Lipinski definition) is 3. The van der Waals surface area contributed by atoms with Crippen molar-refractivity contribution >= 4 is 63.3 Å². The third-order valence-electron chi connectivity index (χ3n) is 21.8. The van der Waals surface area contributed by atoms with Crippen molar-refractivity contribution in [2.45, 2.75) is 123 Å². The molecule has 0 N–H and O–H groups in total. The lowest BCUT2D eigenvalue weighted by atomic mass is 9.43. The Morgan fingerprint density at radius 1 is 0.326 bits per heavy atom. The van der Waals surface area contributed by atoms with Crippen LogP contribution >= 0.6 is 0 Å². The fraction of sp³-hybridized carbons (Fsp3) is 0.209. The first-order valence-corrected chi connectivity index (χ1v) is 34.4. The maximum atomic E-state index is 2.74. The third kappa shape index (κ3) is 10.1. The van der Waals surface area contributed by atoms with Crippen LogP contribution in [0.5, 0.6) is 0 Å². The standard InChI is InChI=1S/C91H84BN3/c1-87(2,3)66-39-42-68(43-40-66)95-83-57-74-73-55-79-80(90(9,10)48-47-89(79,7)8)58-78(73)91(11,12)77(74)56-75(83)76-51-65(61-31-21-15-22-32-61)52-85-86(76)92(95)81-45-44-71(54-84(81)94(85)82-46-41-67(88(4,5)6)53-72(82)62-33-23-16-24-34-62)93(69-37-25-35-63(49-69)59-27-17-13-18-28-59)70-38-26-36-64(50-70)60-29-19-14-20-30-60/h13-46,49-58H,47-48H2,1-12H3. The third-order valence-corrected chi connectivity index (χ3v) is 21.8. The van der Waals surface area contributed by atoms with Crippen LogP contribution in [-0.2, 0) is 27.1 Å². The maximum Gasteiger partial charge on any atom is 0.333 e. The molecule has 466 valence electrons. The van der Waals surface area contributed by atoms with E-state index in [1.807, 2.05) is 0 Å². The Kier molecular flexibility index (Phi) is 14.0. The van der Waals surface area contributed by atoms with Crippen molar-refractivity contribution in [3.05, 3.63) is 300 Å². The molecular formula is C91H84BN3. The molecular weight excluding hydrogens is 1150 g/mol. The van der Waals surface area contributed by atoms with Gasteiger partial charge in [0.15, 0.2) is 0 Å². The number of anilines is 8. The molecule has 95 heavy (non-hydrogen) atoms. The topological polar surface area (TPSA) is 9.72 Å². The molecule has 0 bridgehead atoms. The van der Waals surface area contributed by atoms with Gasteiger partial charge in [-0.3, -0.25) is 0 Å². The highest BCUT2D eigenvalue weighted by atomic mass is 15.2. The highest BCUT2D eigenvalue weighted by Gasteiger charge is 2.49. The molecule has 0 fully saturated rings. The van der Waals surface area contributed by atoms with E-state index in [1.54, 1.807) is 0 Å². The van der Waals surface area contributed by atoms with Gasteiger partial charge in [-0.05, 0) is 225 Å². The van der Waals surface area contributed by atoms with Gasteiger partial charge in [-0.2, -0.15) is 0 Å².